The van der Waals surface area contributed by atoms with Gasteiger partial charge in [-0.25, -0.2) is 13.1 Å². The molecule has 23 heavy (non-hydrogen) atoms. The predicted octanol–water partition coefficient (Wildman–Crippen LogP) is 1.64. The highest BCUT2D eigenvalue weighted by Gasteiger charge is 2.50. The van der Waals surface area contributed by atoms with Crippen molar-refractivity contribution in [1.82, 2.24) is 19.3 Å². The summed E-state index contributed by atoms with van der Waals surface area (Å²) in [6.07, 6.45) is 2.73. The minimum Gasteiger partial charge on any atom is -0.285 e. The SMILES string of the molecule is CC(C)(C)c1nnc2ccc(C(=O)NS(=O)(=O)C3(C)CC3)cn12. The van der Waals surface area contributed by atoms with E-state index in [9.17, 15) is 13.2 Å². The Balaban J connectivity index is 1.95. The maximum Gasteiger partial charge on any atom is 0.266 e. The number of nitrogens with zero attached hydrogens (tertiary/aromatic N) is 3. The lowest BCUT2D eigenvalue weighted by atomic mass is 9.96. The molecule has 0 unspecified atom stereocenters. The van der Waals surface area contributed by atoms with Crippen molar-refractivity contribution in [2.24, 2.45) is 0 Å². The maximum atomic E-state index is 12.3. The van der Waals surface area contributed by atoms with Crippen LogP contribution in [-0.4, -0.2) is 33.7 Å². The Morgan fingerprint density at radius 2 is 1.91 bits per heavy atom. The summed E-state index contributed by atoms with van der Waals surface area (Å²) in [5, 5.41) is 8.23. The second-order valence-corrected chi connectivity index (χ2v) is 9.50. The van der Waals surface area contributed by atoms with E-state index in [1.54, 1.807) is 29.7 Å². The predicted molar refractivity (Wildman–Crippen MR) is 85.7 cm³/mol. The summed E-state index contributed by atoms with van der Waals surface area (Å²) in [5.74, 6) is 0.0766. The normalized spacial score (nSPS) is 17.2. The van der Waals surface area contributed by atoms with Crippen LogP contribution in [0.25, 0.3) is 5.65 Å². The first-order chi connectivity index (χ1) is 10.5. The van der Waals surface area contributed by atoms with Crippen LogP contribution in [0, 0.1) is 0 Å². The average molecular weight is 336 g/mol. The number of carbonyl (C=O) groups excluding carboxylic acids is 1. The van der Waals surface area contributed by atoms with Crippen LogP contribution < -0.4 is 4.72 Å². The summed E-state index contributed by atoms with van der Waals surface area (Å²) >= 11 is 0. The molecule has 0 atom stereocenters. The zero-order valence-corrected chi connectivity index (χ0v) is 14.4. The minimum atomic E-state index is -3.65. The van der Waals surface area contributed by atoms with Gasteiger partial charge in [0, 0.05) is 11.6 Å². The number of pyridine rings is 1. The Morgan fingerprint density at radius 1 is 1.26 bits per heavy atom. The third-order valence-corrected chi connectivity index (χ3v) is 6.33. The van der Waals surface area contributed by atoms with Crippen LogP contribution in [0.4, 0.5) is 0 Å². The molecule has 2 heterocycles. The molecule has 1 aliphatic rings. The first-order valence-electron chi connectivity index (χ1n) is 7.45. The van der Waals surface area contributed by atoms with Crippen molar-refractivity contribution in [1.29, 1.82) is 0 Å². The number of carbonyl (C=O) groups is 1. The van der Waals surface area contributed by atoms with Gasteiger partial charge in [-0.3, -0.25) is 9.20 Å². The van der Waals surface area contributed by atoms with Crippen LogP contribution in [0.15, 0.2) is 18.3 Å². The van der Waals surface area contributed by atoms with E-state index in [1.165, 1.54) is 0 Å². The van der Waals surface area contributed by atoms with E-state index in [0.717, 1.165) is 0 Å². The molecule has 0 aliphatic heterocycles. The molecular formula is C15H20N4O3S. The topological polar surface area (TPSA) is 93.4 Å². The van der Waals surface area contributed by atoms with E-state index in [1.807, 2.05) is 20.8 Å². The van der Waals surface area contributed by atoms with Gasteiger partial charge in [0.25, 0.3) is 5.91 Å². The van der Waals surface area contributed by atoms with Crippen molar-refractivity contribution in [3.05, 3.63) is 29.7 Å². The average Bonchev–Trinajstić information content (AvgIpc) is 3.04. The number of hydrogen-bond donors (Lipinski definition) is 1. The van der Waals surface area contributed by atoms with Crippen LogP contribution in [0.5, 0.6) is 0 Å². The van der Waals surface area contributed by atoms with Crippen molar-refractivity contribution >= 4 is 21.6 Å². The largest absolute Gasteiger partial charge is 0.285 e. The number of sulfonamides is 1. The molecule has 7 nitrogen and oxygen atoms in total. The van der Waals surface area contributed by atoms with Gasteiger partial charge in [-0.1, -0.05) is 20.8 Å². The van der Waals surface area contributed by atoms with E-state index in [4.69, 9.17) is 0 Å². The molecule has 1 amide bonds. The van der Waals surface area contributed by atoms with Gasteiger partial charge < -0.3 is 0 Å². The number of nitrogens with one attached hydrogen (secondary N) is 1. The van der Waals surface area contributed by atoms with Crippen LogP contribution in [-0.2, 0) is 15.4 Å². The van der Waals surface area contributed by atoms with E-state index >= 15 is 0 Å². The second kappa shape index (κ2) is 4.77. The maximum absolute atomic E-state index is 12.3. The molecule has 0 bridgehead atoms. The third kappa shape index (κ3) is 2.71. The zero-order valence-electron chi connectivity index (χ0n) is 13.6. The first kappa shape index (κ1) is 15.9. The molecular weight excluding hydrogens is 316 g/mol. The highest BCUT2D eigenvalue weighted by Crippen LogP contribution is 2.42. The van der Waals surface area contributed by atoms with Crippen LogP contribution in [0.2, 0.25) is 0 Å². The minimum absolute atomic E-state index is 0.248. The summed E-state index contributed by atoms with van der Waals surface area (Å²) in [5.41, 5.74) is 0.626. The Labute approximate surface area is 135 Å². The Bertz CT molecular complexity index is 889. The third-order valence-electron chi connectivity index (χ3n) is 4.17. The Hall–Kier alpha value is -1.96. The molecule has 8 heteroatoms. The first-order valence-corrected chi connectivity index (χ1v) is 8.94. The van der Waals surface area contributed by atoms with E-state index in [2.05, 4.69) is 14.9 Å². The monoisotopic (exact) mass is 336 g/mol. The van der Waals surface area contributed by atoms with Gasteiger partial charge in [0.1, 0.15) is 5.82 Å². The lowest BCUT2D eigenvalue weighted by Crippen LogP contribution is -2.38. The summed E-state index contributed by atoms with van der Waals surface area (Å²) in [6, 6.07) is 3.21. The summed E-state index contributed by atoms with van der Waals surface area (Å²) in [7, 11) is -3.65. The fraction of sp³-hybridized carbons (Fsp3) is 0.533. The smallest absolute Gasteiger partial charge is 0.266 e. The van der Waals surface area contributed by atoms with E-state index in [0.29, 0.717) is 24.3 Å². The standard InChI is InChI=1S/C15H20N4O3S/c1-14(2,3)13-17-16-11-6-5-10(9-19(11)13)12(20)18-23(21,22)15(4)7-8-15/h5-6,9H,7-8H2,1-4H3,(H,18,20). The summed E-state index contributed by atoms with van der Waals surface area (Å²) < 4.78 is 27.4. The molecule has 0 radical (unpaired) electrons. The fourth-order valence-corrected chi connectivity index (χ4v) is 3.53. The molecule has 0 spiro atoms. The number of amides is 1. The van der Waals surface area contributed by atoms with E-state index < -0.39 is 20.7 Å². The van der Waals surface area contributed by atoms with Crippen molar-refractivity contribution in [2.45, 2.75) is 50.7 Å². The highest BCUT2D eigenvalue weighted by atomic mass is 32.2. The molecule has 0 aromatic carbocycles. The van der Waals surface area contributed by atoms with E-state index in [-0.39, 0.29) is 11.0 Å². The number of aromatic nitrogens is 3. The van der Waals surface area contributed by atoms with Crippen molar-refractivity contribution < 1.29 is 13.2 Å². The molecule has 124 valence electrons. The summed E-state index contributed by atoms with van der Waals surface area (Å²) in [6.45, 7) is 7.63. The van der Waals surface area contributed by atoms with Crippen LogP contribution >= 0.6 is 0 Å². The van der Waals surface area contributed by atoms with Crippen LogP contribution in [0.3, 0.4) is 0 Å². The summed E-state index contributed by atoms with van der Waals surface area (Å²) in [4.78, 5) is 12.3. The lowest BCUT2D eigenvalue weighted by molar-refractivity contribution is 0.0980. The van der Waals surface area contributed by atoms with Gasteiger partial charge in [-0.05, 0) is 31.9 Å². The van der Waals surface area contributed by atoms with Gasteiger partial charge in [0.05, 0.1) is 10.3 Å². The van der Waals surface area contributed by atoms with Gasteiger partial charge in [0.15, 0.2) is 5.65 Å². The quantitative estimate of drug-likeness (QED) is 0.919. The zero-order chi connectivity index (χ0) is 17.0. The molecule has 1 saturated carbocycles. The molecule has 1 fully saturated rings. The molecule has 0 saturated heterocycles. The van der Waals surface area contributed by atoms with Gasteiger partial charge in [-0.15, -0.1) is 10.2 Å². The fourth-order valence-electron chi connectivity index (χ4n) is 2.29. The van der Waals surface area contributed by atoms with Crippen molar-refractivity contribution in [2.75, 3.05) is 0 Å². The Morgan fingerprint density at radius 3 is 2.48 bits per heavy atom. The molecule has 1 N–H and O–H groups in total. The number of rotatable bonds is 3. The number of fused-ring (bicyclic) bond motifs is 1. The molecule has 2 aromatic rings. The van der Waals surface area contributed by atoms with Crippen molar-refractivity contribution in [3.63, 3.8) is 0 Å². The van der Waals surface area contributed by atoms with Gasteiger partial charge >= 0.3 is 0 Å². The second-order valence-electron chi connectivity index (χ2n) is 7.30. The highest BCUT2D eigenvalue weighted by molar-refractivity contribution is 7.91. The van der Waals surface area contributed by atoms with Crippen LogP contribution in [0.1, 0.15) is 56.7 Å². The van der Waals surface area contributed by atoms with Gasteiger partial charge in [-0.2, -0.15) is 0 Å². The molecule has 1 aliphatic carbocycles. The van der Waals surface area contributed by atoms with Crippen molar-refractivity contribution in [3.8, 4) is 0 Å². The van der Waals surface area contributed by atoms with Gasteiger partial charge in [0.2, 0.25) is 10.0 Å². The number of hydrogen-bond acceptors (Lipinski definition) is 5. The molecule has 3 rings (SSSR count). The lowest BCUT2D eigenvalue weighted by Gasteiger charge is -2.16. The molecule has 2 aromatic heterocycles. The Kier molecular flexibility index (Phi) is 3.30.